The molecule has 5 nitrogen and oxygen atoms in total. The Morgan fingerprint density at radius 2 is 1.69 bits per heavy atom. The first-order chi connectivity index (χ1) is 16.3. The topological polar surface area (TPSA) is 52.7 Å². The van der Waals surface area contributed by atoms with Gasteiger partial charge in [-0.15, -0.1) is 0 Å². The Morgan fingerprint density at radius 1 is 1.06 bits per heavy atom. The number of anilines is 2. The lowest BCUT2D eigenvalue weighted by atomic mass is 9.78. The predicted octanol–water partition coefficient (Wildman–Crippen LogP) is 5.94. The summed E-state index contributed by atoms with van der Waals surface area (Å²) in [6, 6.07) is 10.6. The number of carbonyl (C=O) groups excluding carboxylic acids is 2. The van der Waals surface area contributed by atoms with E-state index in [2.05, 4.69) is 57.0 Å². The summed E-state index contributed by atoms with van der Waals surface area (Å²) in [4.78, 5) is 30.4. The van der Waals surface area contributed by atoms with Crippen LogP contribution in [0.15, 0.2) is 35.9 Å². The average Bonchev–Trinajstić information content (AvgIpc) is 2.69. The van der Waals surface area contributed by atoms with Crippen molar-refractivity contribution in [1.82, 2.24) is 5.32 Å². The van der Waals surface area contributed by atoms with Crippen molar-refractivity contribution in [3.63, 3.8) is 0 Å². The molecule has 2 aromatic rings. The molecule has 2 amide bonds. The van der Waals surface area contributed by atoms with E-state index >= 15 is 0 Å². The van der Waals surface area contributed by atoms with Crippen molar-refractivity contribution >= 4 is 46.6 Å². The summed E-state index contributed by atoms with van der Waals surface area (Å²) in [7, 11) is 0. The highest BCUT2D eigenvalue weighted by Gasteiger charge is 2.38. The third kappa shape index (κ3) is 4.52. The summed E-state index contributed by atoms with van der Waals surface area (Å²) in [5.74, 6) is -0.502. The largest absolute Gasteiger partial charge is 0.364 e. The van der Waals surface area contributed by atoms with Crippen molar-refractivity contribution < 1.29 is 9.59 Å². The molecule has 35 heavy (non-hydrogen) atoms. The van der Waals surface area contributed by atoms with Gasteiger partial charge in [-0.05, 0) is 131 Å². The molecule has 184 valence electrons. The van der Waals surface area contributed by atoms with Crippen molar-refractivity contribution in [2.24, 2.45) is 0 Å². The summed E-state index contributed by atoms with van der Waals surface area (Å²) in [6.45, 7) is 17.3. The first-order valence-electron chi connectivity index (χ1n) is 12.2. The van der Waals surface area contributed by atoms with Crippen molar-refractivity contribution in [3.8, 4) is 0 Å². The maximum atomic E-state index is 13.6. The number of nitrogens with one attached hydrogen (secondary N) is 1. The van der Waals surface area contributed by atoms with Crippen LogP contribution in [0.5, 0.6) is 0 Å². The molecule has 0 spiro atoms. The highest BCUT2D eigenvalue weighted by molar-refractivity contribution is 7.80. The van der Waals surface area contributed by atoms with Gasteiger partial charge in [-0.25, -0.2) is 0 Å². The molecule has 1 N–H and O–H groups in total. The van der Waals surface area contributed by atoms with Gasteiger partial charge < -0.3 is 4.90 Å². The molecule has 2 heterocycles. The highest BCUT2D eigenvalue weighted by Crippen LogP contribution is 2.45. The van der Waals surface area contributed by atoms with Crippen LogP contribution >= 0.6 is 12.2 Å². The second kappa shape index (κ2) is 8.90. The molecule has 0 aromatic heterocycles. The van der Waals surface area contributed by atoms with Crippen molar-refractivity contribution in [2.45, 2.75) is 79.3 Å². The van der Waals surface area contributed by atoms with Gasteiger partial charge in [0.15, 0.2) is 5.11 Å². The number of hydrogen-bond donors (Lipinski definition) is 1. The van der Waals surface area contributed by atoms with Crippen LogP contribution < -0.4 is 15.1 Å². The lowest BCUT2D eigenvalue weighted by Crippen LogP contribution is -2.54. The smallest absolute Gasteiger partial charge is 0.270 e. The molecule has 0 aliphatic carbocycles. The van der Waals surface area contributed by atoms with Crippen LogP contribution in [0.1, 0.15) is 74.8 Å². The van der Waals surface area contributed by atoms with Gasteiger partial charge in [-0.2, -0.15) is 0 Å². The molecule has 1 unspecified atom stereocenters. The maximum Gasteiger partial charge on any atom is 0.270 e. The van der Waals surface area contributed by atoms with Crippen LogP contribution in [0.2, 0.25) is 0 Å². The number of hydrogen-bond acceptors (Lipinski definition) is 4. The Hall–Kier alpha value is -2.99. The van der Waals surface area contributed by atoms with Gasteiger partial charge in [0.1, 0.15) is 5.57 Å². The summed E-state index contributed by atoms with van der Waals surface area (Å²) in [6.07, 6.45) is 2.75. The fourth-order valence-electron chi connectivity index (χ4n) is 5.87. The SMILES string of the molecule is Cc1cc(C)cc(N2C(=O)/C(=C/c3cc4c(cc3C)N(C(C)C)C(C)(C)CC4C)C(=O)NC2=S)c1. The number of thiocarbonyl (C=S) groups is 1. The molecule has 2 aliphatic heterocycles. The standard InChI is InChI=1S/C29H35N3O2S/c1-16(2)32-25-12-19(5)21(13-23(25)20(6)15-29(32,7)8)14-24-26(33)30-28(35)31(27(24)34)22-10-17(3)9-18(4)11-22/h9-14,16,20H,15H2,1-8H3,(H,30,33,35)/b24-14+. The Labute approximate surface area is 214 Å². The number of nitrogens with zero attached hydrogens (tertiary/aromatic N) is 2. The molecule has 0 bridgehead atoms. The molecule has 2 aliphatic rings. The number of fused-ring (bicyclic) bond motifs is 1. The van der Waals surface area contributed by atoms with Crippen molar-refractivity contribution in [2.75, 3.05) is 9.80 Å². The Morgan fingerprint density at radius 3 is 2.29 bits per heavy atom. The van der Waals surface area contributed by atoms with E-state index in [0.29, 0.717) is 17.6 Å². The minimum absolute atomic E-state index is 0.0500. The molecule has 1 atom stereocenters. The molecule has 2 aromatic carbocycles. The predicted molar refractivity (Wildman–Crippen MR) is 148 cm³/mol. The summed E-state index contributed by atoms with van der Waals surface area (Å²) in [5, 5.41) is 2.82. The Balaban J connectivity index is 1.80. The molecule has 0 saturated carbocycles. The molecular weight excluding hydrogens is 454 g/mol. The van der Waals surface area contributed by atoms with E-state index in [1.807, 2.05) is 39.0 Å². The molecular formula is C29H35N3O2S. The zero-order valence-corrected chi connectivity index (χ0v) is 22.8. The van der Waals surface area contributed by atoms with Gasteiger partial charge in [-0.3, -0.25) is 19.8 Å². The van der Waals surface area contributed by atoms with Crippen LogP contribution in [0, 0.1) is 20.8 Å². The quantitative estimate of drug-likeness (QED) is 0.329. The van der Waals surface area contributed by atoms with Gasteiger partial charge in [0.05, 0.1) is 5.69 Å². The molecule has 4 rings (SSSR count). The third-order valence-electron chi connectivity index (χ3n) is 7.05. The van der Waals surface area contributed by atoms with E-state index in [4.69, 9.17) is 12.2 Å². The lowest BCUT2D eigenvalue weighted by Gasteiger charge is -2.50. The van der Waals surface area contributed by atoms with E-state index < -0.39 is 11.8 Å². The van der Waals surface area contributed by atoms with Gasteiger partial charge in [0, 0.05) is 17.3 Å². The van der Waals surface area contributed by atoms with E-state index in [9.17, 15) is 9.59 Å². The van der Waals surface area contributed by atoms with Gasteiger partial charge in [-0.1, -0.05) is 13.0 Å². The summed E-state index contributed by atoms with van der Waals surface area (Å²) >= 11 is 5.39. The number of aryl methyl sites for hydroxylation is 3. The first kappa shape index (κ1) is 25.1. The third-order valence-corrected chi connectivity index (χ3v) is 7.33. The van der Waals surface area contributed by atoms with Crippen LogP contribution in [0.3, 0.4) is 0 Å². The number of rotatable bonds is 3. The maximum absolute atomic E-state index is 13.6. The van der Waals surface area contributed by atoms with E-state index in [-0.39, 0.29) is 16.2 Å². The van der Waals surface area contributed by atoms with E-state index in [1.54, 1.807) is 6.08 Å². The molecule has 1 fully saturated rings. The fraction of sp³-hybridized carbons (Fsp3) is 0.414. The first-order valence-corrected chi connectivity index (χ1v) is 12.6. The van der Waals surface area contributed by atoms with Gasteiger partial charge in [0.25, 0.3) is 11.8 Å². The fourth-order valence-corrected chi connectivity index (χ4v) is 6.15. The minimum atomic E-state index is -0.462. The molecule has 0 radical (unpaired) electrons. The van der Waals surface area contributed by atoms with Crippen molar-refractivity contribution in [3.05, 3.63) is 63.7 Å². The van der Waals surface area contributed by atoms with Crippen LogP contribution in [-0.2, 0) is 9.59 Å². The van der Waals surface area contributed by atoms with Crippen molar-refractivity contribution in [1.29, 1.82) is 0 Å². The monoisotopic (exact) mass is 489 g/mol. The van der Waals surface area contributed by atoms with E-state index in [1.165, 1.54) is 16.2 Å². The lowest BCUT2D eigenvalue weighted by molar-refractivity contribution is -0.122. The van der Waals surface area contributed by atoms with Gasteiger partial charge >= 0.3 is 0 Å². The summed E-state index contributed by atoms with van der Waals surface area (Å²) < 4.78 is 0. The Bertz CT molecular complexity index is 1250. The average molecular weight is 490 g/mol. The second-order valence-electron chi connectivity index (χ2n) is 11.0. The number of amides is 2. The normalized spacial score (nSPS) is 21.0. The Kier molecular flexibility index (Phi) is 6.39. The zero-order chi connectivity index (χ0) is 25.8. The van der Waals surface area contributed by atoms with Crippen LogP contribution in [-0.4, -0.2) is 28.5 Å². The summed E-state index contributed by atoms with van der Waals surface area (Å²) in [5.41, 5.74) is 7.24. The minimum Gasteiger partial charge on any atom is -0.364 e. The molecule has 1 saturated heterocycles. The van der Waals surface area contributed by atoms with Crippen LogP contribution in [0.4, 0.5) is 11.4 Å². The second-order valence-corrected chi connectivity index (χ2v) is 11.3. The van der Waals surface area contributed by atoms with Gasteiger partial charge in [0.2, 0.25) is 0 Å². The molecule has 6 heteroatoms. The van der Waals surface area contributed by atoms with Crippen LogP contribution in [0.25, 0.3) is 6.08 Å². The van der Waals surface area contributed by atoms with E-state index in [0.717, 1.165) is 28.7 Å². The zero-order valence-electron chi connectivity index (χ0n) is 21.9. The number of benzene rings is 2. The highest BCUT2D eigenvalue weighted by atomic mass is 32.1. The number of carbonyl (C=O) groups is 2.